The van der Waals surface area contributed by atoms with E-state index in [0.717, 1.165) is 50.6 Å². The average molecular weight is 322 g/mol. The van der Waals surface area contributed by atoms with Crippen LogP contribution in [0.25, 0.3) is 0 Å². The molecule has 0 spiro atoms. The summed E-state index contributed by atoms with van der Waals surface area (Å²) in [5.41, 5.74) is 1.18. The fourth-order valence-corrected chi connectivity index (χ4v) is 3.09. The number of benzene rings is 1. The Balaban J connectivity index is 1.47. The number of nitrogens with zero attached hydrogens (tertiary/aromatic N) is 2. The van der Waals surface area contributed by atoms with E-state index < -0.39 is 0 Å². The molecule has 4 nitrogen and oxygen atoms in total. The Morgan fingerprint density at radius 3 is 2.59 bits per heavy atom. The summed E-state index contributed by atoms with van der Waals surface area (Å²) < 4.78 is 0. The van der Waals surface area contributed by atoms with E-state index in [0.29, 0.717) is 6.04 Å². The van der Waals surface area contributed by atoms with Gasteiger partial charge in [-0.05, 0) is 31.4 Å². The molecular formula is C17H24ClN3O. The van der Waals surface area contributed by atoms with Gasteiger partial charge in [0.25, 0.3) is 0 Å². The van der Waals surface area contributed by atoms with Crippen LogP contribution in [0.4, 0.5) is 0 Å². The summed E-state index contributed by atoms with van der Waals surface area (Å²) in [6.45, 7) is 6.73. The van der Waals surface area contributed by atoms with Gasteiger partial charge >= 0.3 is 0 Å². The predicted octanol–water partition coefficient (Wildman–Crippen LogP) is 2.12. The van der Waals surface area contributed by atoms with Crippen LogP contribution in [0.3, 0.4) is 0 Å². The van der Waals surface area contributed by atoms with Crippen molar-refractivity contribution >= 4 is 17.5 Å². The smallest absolute Gasteiger partial charge is 0.237 e. The van der Waals surface area contributed by atoms with Gasteiger partial charge in [-0.3, -0.25) is 14.6 Å². The largest absolute Gasteiger partial charge is 0.352 e. The zero-order valence-electron chi connectivity index (χ0n) is 13.1. The Morgan fingerprint density at radius 1 is 1.27 bits per heavy atom. The molecular weight excluding hydrogens is 298 g/mol. The molecule has 1 aliphatic heterocycles. The Kier molecular flexibility index (Phi) is 5.01. The van der Waals surface area contributed by atoms with E-state index >= 15 is 0 Å². The lowest BCUT2D eigenvalue weighted by atomic mass is 10.1. The Morgan fingerprint density at radius 2 is 1.95 bits per heavy atom. The van der Waals surface area contributed by atoms with E-state index in [2.05, 4.69) is 21.2 Å². The van der Waals surface area contributed by atoms with Gasteiger partial charge in [-0.25, -0.2) is 0 Å². The lowest BCUT2D eigenvalue weighted by Gasteiger charge is -2.37. The van der Waals surface area contributed by atoms with Gasteiger partial charge < -0.3 is 5.32 Å². The third kappa shape index (κ3) is 4.00. The van der Waals surface area contributed by atoms with Crippen LogP contribution in [0.15, 0.2) is 24.3 Å². The van der Waals surface area contributed by atoms with E-state index in [1.807, 2.05) is 25.1 Å². The number of amides is 1. The van der Waals surface area contributed by atoms with Crippen LogP contribution in [0.2, 0.25) is 5.02 Å². The minimum Gasteiger partial charge on any atom is -0.352 e. The molecule has 1 aromatic rings. The summed E-state index contributed by atoms with van der Waals surface area (Å²) >= 11 is 6.23. The number of carbonyl (C=O) groups excluding carboxylic acids is 1. The van der Waals surface area contributed by atoms with E-state index in [1.54, 1.807) is 0 Å². The van der Waals surface area contributed by atoms with Crippen molar-refractivity contribution in [3.05, 3.63) is 34.9 Å². The first-order valence-electron chi connectivity index (χ1n) is 8.13. The summed E-state index contributed by atoms with van der Waals surface area (Å²) in [5, 5.41) is 3.93. The van der Waals surface area contributed by atoms with E-state index in [-0.39, 0.29) is 11.9 Å². The Hall–Kier alpha value is -1.10. The number of nitrogens with one attached hydrogen (secondary N) is 1. The van der Waals surface area contributed by atoms with Crippen molar-refractivity contribution in [2.24, 2.45) is 0 Å². The third-order valence-corrected chi connectivity index (χ3v) is 4.98. The first-order valence-corrected chi connectivity index (χ1v) is 8.51. The number of halogens is 1. The quantitative estimate of drug-likeness (QED) is 0.902. The summed E-state index contributed by atoms with van der Waals surface area (Å²) in [7, 11) is 0. The SMILES string of the molecule is CC(C(=O)NC1CC1)N1CCN(Cc2ccccc2Cl)CC1. The maximum atomic E-state index is 12.1. The summed E-state index contributed by atoms with van der Waals surface area (Å²) in [5.74, 6) is 0.182. The lowest BCUT2D eigenvalue weighted by molar-refractivity contribution is -0.126. The zero-order chi connectivity index (χ0) is 15.5. The van der Waals surface area contributed by atoms with Crippen molar-refractivity contribution in [2.75, 3.05) is 26.2 Å². The molecule has 0 radical (unpaired) electrons. The molecule has 1 heterocycles. The van der Waals surface area contributed by atoms with Crippen molar-refractivity contribution in [2.45, 2.75) is 38.4 Å². The van der Waals surface area contributed by atoms with Crippen molar-refractivity contribution in [3.63, 3.8) is 0 Å². The molecule has 1 amide bonds. The summed E-state index contributed by atoms with van der Waals surface area (Å²) in [6, 6.07) is 8.43. The van der Waals surface area contributed by atoms with Crippen LogP contribution in [0, 0.1) is 0 Å². The summed E-state index contributed by atoms with van der Waals surface area (Å²) in [4.78, 5) is 16.8. The normalized spacial score (nSPS) is 21.5. The van der Waals surface area contributed by atoms with Gasteiger partial charge in [-0.1, -0.05) is 29.8 Å². The molecule has 120 valence electrons. The second-order valence-electron chi connectivity index (χ2n) is 6.36. The van der Waals surface area contributed by atoms with Gasteiger partial charge in [0.2, 0.25) is 5.91 Å². The number of hydrogen-bond acceptors (Lipinski definition) is 3. The third-order valence-electron chi connectivity index (χ3n) is 4.61. The molecule has 1 atom stereocenters. The van der Waals surface area contributed by atoms with Crippen LogP contribution in [0.5, 0.6) is 0 Å². The van der Waals surface area contributed by atoms with Crippen LogP contribution >= 0.6 is 11.6 Å². The van der Waals surface area contributed by atoms with Crippen molar-refractivity contribution in [1.82, 2.24) is 15.1 Å². The number of carbonyl (C=O) groups is 1. The average Bonchev–Trinajstić information content (AvgIpc) is 3.33. The molecule has 1 N–H and O–H groups in total. The van der Waals surface area contributed by atoms with Crippen LogP contribution < -0.4 is 5.32 Å². The molecule has 1 aliphatic carbocycles. The van der Waals surface area contributed by atoms with Gasteiger partial charge in [0.15, 0.2) is 0 Å². The van der Waals surface area contributed by atoms with Gasteiger partial charge in [0.1, 0.15) is 0 Å². The second kappa shape index (κ2) is 6.99. The van der Waals surface area contributed by atoms with Crippen molar-refractivity contribution in [1.29, 1.82) is 0 Å². The van der Waals surface area contributed by atoms with Gasteiger partial charge in [0.05, 0.1) is 6.04 Å². The molecule has 3 rings (SSSR count). The highest BCUT2D eigenvalue weighted by Gasteiger charge is 2.29. The highest BCUT2D eigenvalue weighted by molar-refractivity contribution is 6.31. The van der Waals surface area contributed by atoms with E-state index in [1.165, 1.54) is 5.56 Å². The van der Waals surface area contributed by atoms with Crippen molar-refractivity contribution in [3.8, 4) is 0 Å². The molecule has 5 heteroatoms. The topological polar surface area (TPSA) is 35.6 Å². The molecule has 0 aromatic heterocycles. The second-order valence-corrected chi connectivity index (χ2v) is 6.77. The molecule has 1 aromatic carbocycles. The molecule has 1 saturated heterocycles. The maximum absolute atomic E-state index is 12.1. The standard InChI is InChI=1S/C17H24ClN3O/c1-13(17(22)19-15-6-7-15)21-10-8-20(9-11-21)12-14-4-2-3-5-16(14)18/h2-5,13,15H,6-12H2,1H3,(H,19,22). The monoisotopic (exact) mass is 321 g/mol. The predicted molar refractivity (Wildman–Crippen MR) is 88.9 cm³/mol. The van der Waals surface area contributed by atoms with Crippen LogP contribution in [0.1, 0.15) is 25.3 Å². The van der Waals surface area contributed by atoms with E-state index in [9.17, 15) is 4.79 Å². The molecule has 0 bridgehead atoms. The number of piperazine rings is 1. The lowest BCUT2D eigenvalue weighted by Crippen LogP contribution is -2.53. The number of rotatable bonds is 5. The van der Waals surface area contributed by atoms with Gasteiger partial charge in [0, 0.05) is 43.8 Å². The Bertz CT molecular complexity index is 524. The van der Waals surface area contributed by atoms with Gasteiger partial charge in [-0.2, -0.15) is 0 Å². The Labute approximate surface area is 137 Å². The van der Waals surface area contributed by atoms with Crippen LogP contribution in [-0.2, 0) is 11.3 Å². The molecule has 2 fully saturated rings. The molecule has 1 unspecified atom stereocenters. The minimum atomic E-state index is -0.0249. The highest BCUT2D eigenvalue weighted by Crippen LogP contribution is 2.20. The summed E-state index contributed by atoms with van der Waals surface area (Å²) in [6.07, 6.45) is 2.29. The first-order chi connectivity index (χ1) is 10.6. The highest BCUT2D eigenvalue weighted by atomic mass is 35.5. The van der Waals surface area contributed by atoms with Crippen molar-refractivity contribution < 1.29 is 4.79 Å². The minimum absolute atomic E-state index is 0.0249. The maximum Gasteiger partial charge on any atom is 0.237 e. The number of hydrogen-bond donors (Lipinski definition) is 1. The molecule has 22 heavy (non-hydrogen) atoms. The first kappa shape index (κ1) is 15.8. The molecule has 2 aliphatic rings. The molecule has 1 saturated carbocycles. The fourth-order valence-electron chi connectivity index (χ4n) is 2.89. The van der Waals surface area contributed by atoms with E-state index in [4.69, 9.17) is 11.6 Å². The zero-order valence-corrected chi connectivity index (χ0v) is 13.9. The van der Waals surface area contributed by atoms with Gasteiger partial charge in [-0.15, -0.1) is 0 Å². The van der Waals surface area contributed by atoms with Crippen LogP contribution in [-0.4, -0.2) is 54.0 Å². The fraction of sp³-hybridized carbons (Fsp3) is 0.588.